The maximum absolute atomic E-state index is 10.6. The lowest BCUT2D eigenvalue weighted by molar-refractivity contribution is 0.109. The Morgan fingerprint density at radius 2 is 1.80 bits per heavy atom. The average molecular weight is 285 g/mol. The quantitative estimate of drug-likeness (QED) is 0.754. The molecule has 1 saturated carbocycles. The highest BCUT2D eigenvalue weighted by molar-refractivity contribution is 6.32. The van der Waals surface area contributed by atoms with Crippen LogP contribution in [0.25, 0.3) is 11.1 Å². The second-order valence-corrected chi connectivity index (χ2v) is 6.59. The highest BCUT2D eigenvalue weighted by atomic mass is 35.5. The first-order valence-electron chi connectivity index (χ1n) is 7.20. The number of fused-ring (bicyclic) bond motifs is 6. The lowest BCUT2D eigenvalue weighted by Gasteiger charge is -2.42. The minimum Gasteiger partial charge on any atom is -0.392 e. The van der Waals surface area contributed by atoms with E-state index >= 15 is 0 Å². The predicted octanol–water partition coefficient (Wildman–Crippen LogP) is 4.52. The molecule has 0 spiro atoms. The molecular weight excluding hydrogens is 268 g/mol. The third-order valence-corrected chi connectivity index (χ3v) is 5.64. The molecule has 0 unspecified atom stereocenters. The Bertz CT molecular complexity index is 694. The molecule has 0 aliphatic heterocycles. The first kappa shape index (κ1) is 12.4. The fourth-order valence-electron chi connectivity index (χ4n) is 4.32. The molecule has 0 radical (unpaired) electrons. The van der Waals surface area contributed by atoms with Crippen molar-refractivity contribution in [1.82, 2.24) is 0 Å². The smallest absolute Gasteiger partial charge is 0.0641 e. The zero-order chi connectivity index (χ0) is 13.9. The molecule has 1 N–H and O–H groups in total. The molecule has 2 aromatic rings. The minimum absolute atomic E-state index is 0.262. The summed E-state index contributed by atoms with van der Waals surface area (Å²) in [5.74, 6) is 0.362. The van der Waals surface area contributed by atoms with Gasteiger partial charge in [-0.3, -0.25) is 0 Å². The zero-order valence-corrected chi connectivity index (χ0v) is 12.2. The van der Waals surface area contributed by atoms with Crippen LogP contribution in [0.5, 0.6) is 0 Å². The molecule has 2 heteroatoms. The summed E-state index contributed by atoms with van der Waals surface area (Å²) in [5, 5.41) is 11.4. The van der Waals surface area contributed by atoms with E-state index in [4.69, 9.17) is 11.6 Å². The van der Waals surface area contributed by atoms with Gasteiger partial charge in [0.2, 0.25) is 0 Å². The average Bonchev–Trinajstić information content (AvgIpc) is 2.76. The Morgan fingerprint density at radius 1 is 1.05 bits per heavy atom. The zero-order valence-electron chi connectivity index (χ0n) is 11.4. The molecule has 20 heavy (non-hydrogen) atoms. The Morgan fingerprint density at radius 3 is 2.65 bits per heavy atom. The third kappa shape index (κ3) is 1.37. The van der Waals surface area contributed by atoms with E-state index in [1.54, 1.807) is 0 Å². The lowest BCUT2D eigenvalue weighted by Crippen LogP contribution is -2.39. The van der Waals surface area contributed by atoms with Gasteiger partial charge in [0.1, 0.15) is 0 Å². The summed E-state index contributed by atoms with van der Waals surface area (Å²) in [4.78, 5) is 0. The topological polar surface area (TPSA) is 20.2 Å². The van der Waals surface area contributed by atoms with Gasteiger partial charge in [0.05, 0.1) is 6.10 Å². The summed E-state index contributed by atoms with van der Waals surface area (Å²) in [5.41, 5.74) is 4.70. The highest BCUT2D eigenvalue weighted by Gasteiger charge is 2.52. The molecule has 102 valence electrons. The van der Waals surface area contributed by atoms with Gasteiger partial charge in [0.25, 0.3) is 0 Å². The van der Waals surface area contributed by atoms with Crippen LogP contribution >= 0.6 is 11.6 Å². The molecule has 1 fully saturated rings. The van der Waals surface area contributed by atoms with E-state index in [9.17, 15) is 5.11 Å². The van der Waals surface area contributed by atoms with Crippen LogP contribution in [0, 0.1) is 0 Å². The van der Waals surface area contributed by atoms with E-state index in [0.29, 0.717) is 5.92 Å². The van der Waals surface area contributed by atoms with Crippen molar-refractivity contribution in [1.29, 1.82) is 0 Å². The SMILES string of the molecule is C[C@@]12c3c(Cl)cccc3-c3ccccc3[C@H]1CC[C@@H]2O. The Hall–Kier alpha value is -1.31. The van der Waals surface area contributed by atoms with E-state index in [-0.39, 0.29) is 11.5 Å². The van der Waals surface area contributed by atoms with E-state index in [0.717, 1.165) is 23.4 Å². The number of hydrogen-bond acceptors (Lipinski definition) is 1. The van der Waals surface area contributed by atoms with Gasteiger partial charge in [-0.2, -0.15) is 0 Å². The monoisotopic (exact) mass is 284 g/mol. The fraction of sp³-hybridized carbons (Fsp3) is 0.333. The summed E-state index contributed by atoms with van der Waals surface area (Å²) in [6.07, 6.45) is 1.55. The molecule has 2 aliphatic rings. The van der Waals surface area contributed by atoms with Crippen molar-refractivity contribution >= 4 is 11.6 Å². The molecule has 0 heterocycles. The maximum Gasteiger partial charge on any atom is 0.0641 e. The van der Waals surface area contributed by atoms with E-state index in [2.05, 4.69) is 37.3 Å². The third-order valence-electron chi connectivity index (χ3n) is 5.32. The van der Waals surface area contributed by atoms with Gasteiger partial charge in [0.15, 0.2) is 0 Å². The van der Waals surface area contributed by atoms with Crippen molar-refractivity contribution in [2.24, 2.45) is 0 Å². The van der Waals surface area contributed by atoms with Gasteiger partial charge in [-0.1, -0.05) is 54.9 Å². The molecule has 0 saturated heterocycles. The minimum atomic E-state index is -0.320. The van der Waals surface area contributed by atoms with Crippen LogP contribution in [0.15, 0.2) is 42.5 Å². The molecule has 3 atom stereocenters. The van der Waals surface area contributed by atoms with E-state index in [1.807, 2.05) is 12.1 Å². The summed E-state index contributed by atoms with van der Waals surface area (Å²) in [6.45, 7) is 2.18. The highest BCUT2D eigenvalue weighted by Crippen LogP contribution is 2.59. The summed E-state index contributed by atoms with van der Waals surface area (Å²) < 4.78 is 0. The number of aliphatic hydroxyl groups is 1. The molecule has 2 aliphatic carbocycles. The number of hydrogen-bond donors (Lipinski definition) is 1. The Labute approximate surface area is 124 Å². The normalized spacial score (nSPS) is 30.6. The largest absolute Gasteiger partial charge is 0.392 e. The number of aliphatic hydroxyl groups excluding tert-OH is 1. The Kier molecular flexibility index (Phi) is 2.55. The summed E-state index contributed by atoms with van der Waals surface area (Å²) >= 11 is 6.52. The molecule has 2 aromatic carbocycles. The molecule has 0 aromatic heterocycles. The van der Waals surface area contributed by atoms with Crippen LogP contribution in [-0.2, 0) is 5.41 Å². The number of halogens is 1. The summed E-state index contributed by atoms with van der Waals surface area (Å²) in [7, 11) is 0. The maximum atomic E-state index is 10.6. The molecular formula is C18H17ClO. The second kappa shape index (κ2) is 4.09. The van der Waals surface area contributed by atoms with Gasteiger partial charge in [-0.05, 0) is 47.1 Å². The van der Waals surface area contributed by atoms with Crippen molar-refractivity contribution in [2.45, 2.75) is 37.2 Å². The van der Waals surface area contributed by atoms with Gasteiger partial charge >= 0.3 is 0 Å². The van der Waals surface area contributed by atoms with Crippen LogP contribution in [0.2, 0.25) is 5.02 Å². The van der Waals surface area contributed by atoms with Crippen molar-refractivity contribution in [2.75, 3.05) is 0 Å². The number of rotatable bonds is 0. The van der Waals surface area contributed by atoms with E-state index < -0.39 is 0 Å². The molecule has 4 rings (SSSR count). The van der Waals surface area contributed by atoms with Gasteiger partial charge < -0.3 is 5.11 Å². The van der Waals surface area contributed by atoms with Crippen molar-refractivity contribution in [3.05, 3.63) is 58.6 Å². The van der Waals surface area contributed by atoms with Gasteiger partial charge in [0, 0.05) is 10.4 Å². The molecule has 0 amide bonds. The lowest BCUT2D eigenvalue weighted by atomic mass is 9.63. The fourth-order valence-corrected chi connectivity index (χ4v) is 4.70. The molecule has 0 bridgehead atoms. The van der Waals surface area contributed by atoms with Crippen LogP contribution in [0.3, 0.4) is 0 Å². The first-order valence-corrected chi connectivity index (χ1v) is 7.58. The van der Waals surface area contributed by atoms with Crippen LogP contribution < -0.4 is 0 Å². The van der Waals surface area contributed by atoms with Crippen LogP contribution in [0.4, 0.5) is 0 Å². The van der Waals surface area contributed by atoms with Crippen LogP contribution in [-0.4, -0.2) is 11.2 Å². The van der Waals surface area contributed by atoms with Crippen molar-refractivity contribution in [3.63, 3.8) is 0 Å². The standard InChI is InChI=1S/C18H17ClO/c1-18-14(9-10-16(18)20)12-6-3-2-5-11(12)13-7-4-8-15(19)17(13)18/h2-8,14,16,20H,9-10H2,1H3/t14-,16+,18-/m1/s1. The van der Waals surface area contributed by atoms with Gasteiger partial charge in [-0.25, -0.2) is 0 Å². The predicted molar refractivity (Wildman–Crippen MR) is 82.2 cm³/mol. The van der Waals surface area contributed by atoms with Gasteiger partial charge in [-0.15, -0.1) is 0 Å². The van der Waals surface area contributed by atoms with Crippen molar-refractivity contribution in [3.8, 4) is 11.1 Å². The number of benzene rings is 2. The van der Waals surface area contributed by atoms with Crippen LogP contribution in [0.1, 0.15) is 36.8 Å². The second-order valence-electron chi connectivity index (χ2n) is 6.18. The van der Waals surface area contributed by atoms with Crippen molar-refractivity contribution < 1.29 is 5.11 Å². The summed E-state index contributed by atoms with van der Waals surface area (Å²) in [6, 6.07) is 14.6. The van der Waals surface area contributed by atoms with E-state index in [1.165, 1.54) is 16.7 Å². The molecule has 1 nitrogen and oxygen atoms in total. The first-order chi connectivity index (χ1) is 9.64. The Balaban J connectivity index is 2.12.